The summed E-state index contributed by atoms with van der Waals surface area (Å²) in [6, 6.07) is 14.2. The maximum atomic E-state index is 13.5. The van der Waals surface area contributed by atoms with Gasteiger partial charge in [0.25, 0.3) is 0 Å². The first-order chi connectivity index (χ1) is 16.9. The van der Waals surface area contributed by atoms with Crippen LogP contribution in [0.4, 0.5) is 10.8 Å². The molecule has 3 heterocycles. The van der Waals surface area contributed by atoms with Gasteiger partial charge in [0.15, 0.2) is 34.7 Å². The maximum Gasteiger partial charge on any atom is 0.232 e. The molecule has 8 heteroatoms. The van der Waals surface area contributed by atoms with Gasteiger partial charge in [0.05, 0.1) is 19.8 Å². The number of carbonyl (C=O) groups is 1. The number of fused-ring (bicyclic) bond motifs is 8. The van der Waals surface area contributed by atoms with Gasteiger partial charge in [0.2, 0.25) is 5.69 Å². The van der Waals surface area contributed by atoms with Crippen molar-refractivity contribution in [3.63, 3.8) is 0 Å². The van der Waals surface area contributed by atoms with Crippen molar-refractivity contribution >= 4 is 38.2 Å². The van der Waals surface area contributed by atoms with Crippen LogP contribution >= 0.6 is 11.3 Å². The minimum Gasteiger partial charge on any atom is -1.00 e. The number of ketones is 1. The Morgan fingerprint density at radius 2 is 1.78 bits per heavy atom. The molecule has 2 aromatic heterocycles. The molecule has 2 aromatic carbocycles. The Morgan fingerprint density at radius 1 is 1.06 bits per heavy atom. The highest BCUT2D eigenvalue weighted by Crippen LogP contribution is 2.45. The number of nitrogens with one attached hydrogen (secondary N) is 1. The largest absolute Gasteiger partial charge is 1.00 e. The number of hydrogen-bond acceptors (Lipinski definition) is 6. The average molecular weight is 522 g/mol. The first-order valence-electron chi connectivity index (χ1n) is 11.9. The van der Waals surface area contributed by atoms with Crippen LogP contribution in [0.5, 0.6) is 11.5 Å². The molecule has 0 radical (unpaired) electrons. The molecule has 0 atom stereocenters. The SMILES string of the molecule is COc1cc2c(cc1OC)-c1c3sc(Nc4ccccc4)nc3c3c([n+]1CC2)CC(C)(C)CC3=O.[Cl-]. The predicted octanol–water partition coefficient (Wildman–Crippen LogP) is 2.73. The van der Waals surface area contributed by atoms with E-state index >= 15 is 0 Å². The average Bonchev–Trinajstić information content (AvgIpc) is 3.25. The summed E-state index contributed by atoms with van der Waals surface area (Å²) in [6.07, 6.45) is 2.25. The molecule has 4 aromatic rings. The van der Waals surface area contributed by atoms with E-state index < -0.39 is 0 Å². The molecule has 0 saturated carbocycles. The van der Waals surface area contributed by atoms with Crippen LogP contribution in [0.2, 0.25) is 0 Å². The number of halogens is 1. The number of methoxy groups -OCH3 is 2. The van der Waals surface area contributed by atoms with E-state index in [1.807, 2.05) is 30.3 Å². The molecule has 1 aliphatic heterocycles. The van der Waals surface area contributed by atoms with Crippen molar-refractivity contribution in [2.45, 2.75) is 39.7 Å². The van der Waals surface area contributed by atoms with Gasteiger partial charge >= 0.3 is 0 Å². The fourth-order valence-corrected chi connectivity index (χ4v) is 6.55. The Bertz CT molecular complexity index is 1500. The lowest BCUT2D eigenvalue weighted by atomic mass is 9.74. The summed E-state index contributed by atoms with van der Waals surface area (Å²) in [5, 5.41) is 4.23. The van der Waals surface area contributed by atoms with Gasteiger partial charge in [0, 0.05) is 24.9 Å². The summed E-state index contributed by atoms with van der Waals surface area (Å²) in [5.74, 6) is 1.63. The zero-order valence-corrected chi connectivity index (χ0v) is 22.3. The van der Waals surface area contributed by atoms with Crippen LogP contribution in [0.3, 0.4) is 0 Å². The van der Waals surface area contributed by atoms with Crippen molar-refractivity contribution in [1.29, 1.82) is 0 Å². The number of pyridine rings is 1. The molecule has 0 unspecified atom stereocenters. The number of aryl methyl sites for hydroxylation is 1. The molecular formula is C28H28ClN3O3S. The maximum absolute atomic E-state index is 13.5. The van der Waals surface area contributed by atoms with Gasteiger partial charge < -0.3 is 27.2 Å². The molecule has 0 amide bonds. The highest BCUT2D eigenvalue weighted by Gasteiger charge is 2.43. The lowest BCUT2D eigenvalue weighted by molar-refractivity contribution is -0.694. The fourth-order valence-electron chi connectivity index (χ4n) is 5.49. The summed E-state index contributed by atoms with van der Waals surface area (Å²) in [6.45, 7) is 5.18. The standard InChI is InChI=1S/C28H27N3O3S.ClH/c1-28(2)14-19-23(20(32)15-28)24-26(35-27(30-24)29-17-8-6-5-7-9-17)25-18-13-22(34-4)21(33-3)12-16(18)10-11-31(19)25;/h5-9,12-13H,10-11,14-15H2,1-4H3;1H. The molecule has 0 saturated heterocycles. The van der Waals surface area contributed by atoms with Gasteiger partial charge in [0.1, 0.15) is 15.8 Å². The second-order valence-corrected chi connectivity index (χ2v) is 11.1. The molecular weight excluding hydrogens is 494 g/mol. The number of aromatic nitrogens is 2. The number of ether oxygens (including phenoxy) is 2. The molecule has 1 aliphatic carbocycles. The number of benzene rings is 2. The van der Waals surface area contributed by atoms with Crippen LogP contribution < -0.4 is 31.8 Å². The van der Waals surface area contributed by atoms with E-state index in [0.29, 0.717) is 12.2 Å². The van der Waals surface area contributed by atoms with Crippen molar-refractivity contribution in [3.8, 4) is 22.8 Å². The first-order valence-corrected chi connectivity index (χ1v) is 12.7. The monoisotopic (exact) mass is 521 g/mol. The van der Waals surface area contributed by atoms with E-state index in [4.69, 9.17) is 14.5 Å². The number of nitrogens with zero attached hydrogens (tertiary/aromatic N) is 2. The molecule has 186 valence electrons. The zero-order valence-electron chi connectivity index (χ0n) is 20.8. The summed E-state index contributed by atoms with van der Waals surface area (Å²) in [4.78, 5) is 18.5. The third kappa shape index (κ3) is 3.91. The van der Waals surface area contributed by atoms with Crippen molar-refractivity contribution in [2.24, 2.45) is 5.41 Å². The minimum absolute atomic E-state index is 0. The van der Waals surface area contributed by atoms with Gasteiger partial charge in [-0.2, -0.15) is 4.57 Å². The van der Waals surface area contributed by atoms with Crippen LogP contribution in [0.25, 0.3) is 21.5 Å². The lowest BCUT2D eigenvalue weighted by Crippen LogP contribution is -3.00. The van der Waals surface area contributed by atoms with Crippen LogP contribution in [-0.4, -0.2) is 25.0 Å². The van der Waals surface area contributed by atoms with E-state index in [9.17, 15) is 4.79 Å². The Labute approximate surface area is 220 Å². The van der Waals surface area contributed by atoms with E-state index in [1.165, 1.54) is 5.56 Å². The summed E-state index contributed by atoms with van der Waals surface area (Å²) in [5.41, 5.74) is 7.04. The van der Waals surface area contributed by atoms with Gasteiger partial charge in [-0.05, 0) is 35.2 Å². The summed E-state index contributed by atoms with van der Waals surface area (Å²) in [7, 11) is 3.34. The number of thiazole rings is 1. The number of rotatable bonds is 4. The van der Waals surface area contributed by atoms with E-state index in [2.05, 4.69) is 35.9 Å². The Balaban J connectivity index is 0.00000267. The highest BCUT2D eigenvalue weighted by molar-refractivity contribution is 7.22. The van der Waals surface area contributed by atoms with Crippen molar-refractivity contribution in [1.82, 2.24) is 4.98 Å². The number of anilines is 2. The molecule has 0 fully saturated rings. The molecule has 1 N–H and O–H groups in total. The van der Waals surface area contributed by atoms with Crippen molar-refractivity contribution in [3.05, 3.63) is 59.3 Å². The predicted molar refractivity (Wildman–Crippen MR) is 138 cm³/mol. The van der Waals surface area contributed by atoms with Crippen LogP contribution in [-0.2, 0) is 19.4 Å². The number of hydrogen-bond donors (Lipinski definition) is 1. The third-order valence-corrected chi connectivity index (χ3v) is 8.00. The summed E-state index contributed by atoms with van der Waals surface area (Å²) < 4.78 is 14.6. The summed E-state index contributed by atoms with van der Waals surface area (Å²) >= 11 is 1.60. The van der Waals surface area contributed by atoms with Crippen molar-refractivity contribution < 1.29 is 31.2 Å². The smallest absolute Gasteiger partial charge is 0.232 e. The molecule has 0 spiro atoms. The Kier molecular flexibility index (Phi) is 6.17. The molecule has 6 rings (SSSR count). The van der Waals surface area contributed by atoms with E-state index in [0.717, 1.165) is 68.7 Å². The van der Waals surface area contributed by atoms with Gasteiger partial charge in [-0.1, -0.05) is 43.4 Å². The van der Waals surface area contributed by atoms with Crippen molar-refractivity contribution in [2.75, 3.05) is 19.5 Å². The van der Waals surface area contributed by atoms with E-state index in [-0.39, 0.29) is 23.6 Å². The third-order valence-electron chi connectivity index (χ3n) is 7.02. The second-order valence-electron chi connectivity index (χ2n) is 10.1. The normalized spacial score (nSPS) is 15.4. The van der Waals surface area contributed by atoms with Gasteiger partial charge in [-0.25, -0.2) is 4.98 Å². The Hall–Kier alpha value is -3.16. The van der Waals surface area contributed by atoms with Crippen LogP contribution in [0.1, 0.15) is 41.9 Å². The molecule has 2 aliphatic rings. The number of Topliss-reactive ketones (excluding diaryl/α,β-unsaturated/α-hetero) is 1. The minimum atomic E-state index is -0.0858. The van der Waals surface area contributed by atoms with Gasteiger partial charge in [-0.15, -0.1) is 0 Å². The first kappa shape index (κ1) is 24.5. The molecule has 36 heavy (non-hydrogen) atoms. The van der Waals surface area contributed by atoms with E-state index in [1.54, 1.807) is 25.6 Å². The topological polar surface area (TPSA) is 64.3 Å². The highest BCUT2D eigenvalue weighted by atomic mass is 35.5. The quantitative estimate of drug-likeness (QED) is 0.418. The zero-order chi connectivity index (χ0) is 24.3. The van der Waals surface area contributed by atoms with Crippen LogP contribution in [0, 0.1) is 5.41 Å². The van der Waals surface area contributed by atoms with Crippen LogP contribution in [0.15, 0.2) is 42.5 Å². The lowest BCUT2D eigenvalue weighted by Gasteiger charge is -2.30. The number of para-hydroxylation sites is 1. The molecule has 0 bridgehead atoms. The Morgan fingerprint density at radius 3 is 2.50 bits per heavy atom. The molecule has 6 nitrogen and oxygen atoms in total. The second kappa shape index (κ2) is 9.05. The fraction of sp³-hybridized carbons (Fsp3) is 0.321. The van der Waals surface area contributed by atoms with Gasteiger partial charge in [-0.3, -0.25) is 4.79 Å². The number of carbonyl (C=O) groups excluding carboxylic acids is 1.